The first kappa shape index (κ1) is 6.09. The minimum atomic E-state index is 0.0231. The van der Waals surface area contributed by atoms with Gasteiger partial charge in [-0.15, -0.1) is 0 Å². The molecule has 0 spiro atoms. The molecule has 3 heteroatoms. The van der Waals surface area contributed by atoms with Crippen LogP contribution in [0.5, 0.6) is 0 Å². The molecule has 1 aliphatic rings. The van der Waals surface area contributed by atoms with Crippen LogP contribution in [-0.4, -0.2) is 11.8 Å². The lowest BCUT2D eigenvalue weighted by Gasteiger charge is -1.98. The first-order valence-electron chi connectivity index (χ1n) is 2.89. The van der Waals surface area contributed by atoms with Crippen LogP contribution in [0.25, 0.3) is 0 Å². The van der Waals surface area contributed by atoms with E-state index in [4.69, 9.17) is 10.1 Å². The van der Waals surface area contributed by atoms with Crippen LogP contribution in [0.15, 0.2) is 5.16 Å². The molecule has 0 aromatic heterocycles. The predicted octanol–water partition coefficient (Wildman–Crippen LogP) is 1.06. The second-order valence-electron chi connectivity index (χ2n) is 2.12. The van der Waals surface area contributed by atoms with Gasteiger partial charge in [0.2, 0.25) is 0 Å². The van der Waals surface area contributed by atoms with Gasteiger partial charge in [0.25, 0.3) is 0 Å². The Labute approximate surface area is 53.9 Å². The highest BCUT2D eigenvalue weighted by Crippen LogP contribution is 2.11. The van der Waals surface area contributed by atoms with Gasteiger partial charge in [-0.2, -0.15) is 5.26 Å². The van der Waals surface area contributed by atoms with Gasteiger partial charge in [-0.25, -0.2) is 0 Å². The topological polar surface area (TPSA) is 45.4 Å². The van der Waals surface area contributed by atoms with E-state index >= 15 is 0 Å². The standard InChI is InChI=1S/C6H8N2O/c1-5-4-6(2-3-7)9-8-5/h6H,2,4H2,1H3. The maximum absolute atomic E-state index is 8.23. The van der Waals surface area contributed by atoms with Crippen LogP contribution in [-0.2, 0) is 4.84 Å². The van der Waals surface area contributed by atoms with Crippen LogP contribution >= 0.6 is 0 Å². The fourth-order valence-electron chi connectivity index (χ4n) is 0.780. The van der Waals surface area contributed by atoms with Crippen LogP contribution in [0.4, 0.5) is 0 Å². The average Bonchev–Trinajstić information content (AvgIpc) is 2.17. The van der Waals surface area contributed by atoms with Gasteiger partial charge in [-0.05, 0) is 6.92 Å². The number of hydrogen-bond donors (Lipinski definition) is 0. The second kappa shape index (κ2) is 2.49. The molecular formula is C6H8N2O. The van der Waals surface area contributed by atoms with Gasteiger partial charge >= 0.3 is 0 Å². The lowest BCUT2D eigenvalue weighted by Crippen LogP contribution is -2.04. The van der Waals surface area contributed by atoms with Crippen molar-refractivity contribution in [1.82, 2.24) is 0 Å². The Hall–Kier alpha value is -1.04. The molecular weight excluding hydrogens is 116 g/mol. The van der Waals surface area contributed by atoms with E-state index < -0.39 is 0 Å². The molecule has 0 saturated heterocycles. The van der Waals surface area contributed by atoms with Gasteiger partial charge in [0, 0.05) is 6.42 Å². The third-order valence-electron chi connectivity index (χ3n) is 1.20. The Morgan fingerprint density at radius 3 is 3.22 bits per heavy atom. The van der Waals surface area contributed by atoms with E-state index in [1.807, 2.05) is 13.0 Å². The van der Waals surface area contributed by atoms with Crippen molar-refractivity contribution in [2.24, 2.45) is 5.16 Å². The number of hydrogen-bond acceptors (Lipinski definition) is 3. The molecule has 0 N–H and O–H groups in total. The predicted molar refractivity (Wildman–Crippen MR) is 32.8 cm³/mol. The fraction of sp³-hybridized carbons (Fsp3) is 0.667. The summed E-state index contributed by atoms with van der Waals surface area (Å²) in [5.74, 6) is 0. The number of rotatable bonds is 1. The molecule has 1 unspecified atom stereocenters. The molecule has 3 nitrogen and oxygen atoms in total. The lowest BCUT2D eigenvalue weighted by molar-refractivity contribution is 0.0891. The zero-order valence-corrected chi connectivity index (χ0v) is 5.29. The summed E-state index contributed by atoms with van der Waals surface area (Å²) in [5.41, 5.74) is 0.982. The molecule has 0 radical (unpaired) electrons. The summed E-state index contributed by atoms with van der Waals surface area (Å²) in [6, 6.07) is 2.03. The SMILES string of the molecule is CC1=NOC(CC#N)C1. The Morgan fingerprint density at radius 1 is 2.00 bits per heavy atom. The molecule has 0 aliphatic carbocycles. The maximum atomic E-state index is 8.23. The molecule has 0 aromatic carbocycles. The average molecular weight is 124 g/mol. The molecule has 48 valence electrons. The second-order valence-corrected chi connectivity index (χ2v) is 2.12. The third kappa shape index (κ3) is 1.43. The molecule has 9 heavy (non-hydrogen) atoms. The minimum absolute atomic E-state index is 0.0231. The zero-order valence-electron chi connectivity index (χ0n) is 5.29. The number of nitrogens with zero attached hydrogens (tertiary/aromatic N) is 2. The molecule has 0 bridgehead atoms. The van der Waals surface area contributed by atoms with Crippen LogP contribution in [0.1, 0.15) is 19.8 Å². The molecule has 0 fully saturated rings. The van der Waals surface area contributed by atoms with Crippen molar-refractivity contribution in [2.75, 3.05) is 0 Å². The van der Waals surface area contributed by atoms with Crippen molar-refractivity contribution in [3.63, 3.8) is 0 Å². The summed E-state index contributed by atoms with van der Waals surface area (Å²) >= 11 is 0. The van der Waals surface area contributed by atoms with Crippen molar-refractivity contribution in [2.45, 2.75) is 25.9 Å². The largest absolute Gasteiger partial charge is 0.391 e. The van der Waals surface area contributed by atoms with Gasteiger partial charge in [-0.3, -0.25) is 0 Å². The quantitative estimate of drug-likeness (QED) is 0.524. The third-order valence-corrected chi connectivity index (χ3v) is 1.20. The van der Waals surface area contributed by atoms with Crippen molar-refractivity contribution in [1.29, 1.82) is 5.26 Å². The van der Waals surface area contributed by atoms with Gasteiger partial charge in [0.15, 0.2) is 0 Å². The molecule has 0 saturated carbocycles. The van der Waals surface area contributed by atoms with Gasteiger partial charge < -0.3 is 4.84 Å². The van der Waals surface area contributed by atoms with Crippen LogP contribution in [0.2, 0.25) is 0 Å². The highest BCUT2D eigenvalue weighted by atomic mass is 16.6. The van der Waals surface area contributed by atoms with Crippen molar-refractivity contribution in [3.05, 3.63) is 0 Å². The van der Waals surface area contributed by atoms with E-state index in [9.17, 15) is 0 Å². The Bertz CT molecular complexity index is 168. The summed E-state index contributed by atoms with van der Waals surface area (Å²) in [6.07, 6.45) is 1.28. The molecule has 0 amide bonds. The summed E-state index contributed by atoms with van der Waals surface area (Å²) < 4.78 is 0. The van der Waals surface area contributed by atoms with E-state index in [-0.39, 0.29) is 6.10 Å². The fourth-order valence-corrected chi connectivity index (χ4v) is 0.780. The van der Waals surface area contributed by atoms with E-state index in [0.29, 0.717) is 6.42 Å². The van der Waals surface area contributed by atoms with Crippen LogP contribution in [0.3, 0.4) is 0 Å². The monoisotopic (exact) mass is 124 g/mol. The molecule has 1 atom stereocenters. The molecule has 0 aromatic rings. The smallest absolute Gasteiger partial charge is 0.145 e. The normalized spacial score (nSPS) is 24.4. The number of oxime groups is 1. The Morgan fingerprint density at radius 2 is 2.78 bits per heavy atom. The lowest BCUT2D eigenvalue weighted by atomic mass is 10.1. The highest BCUT2D eigenvalue weighted by molar-refractivity contribution is 5.82. The zero-order chi connectivity index (χ0) is 6.69. The minimum Gasteiger partial charge on any atom is -0.391 e. The van der Waals surface area contributed by atoms with Crippen molar-refractivity contribution < 1.29 is 4.84 Å². The van der Waals surface area contributed by atoms with E-state index in [1.165, 1.54) is 0 Å². The van der Waals surface area contributed by atoms with E-state index in [1.54, 1.807) is 0 Å². The number of nitriles is 1. The highest BCUT2D eigenvalue weighted by Gasteiger charge is 2.16. The summed E-state index contributed by atoms with van der Waals surface area (Å²) in [5, 5.41) is 11.9. The Balaban J connectivity index is 2.31. The molecule has 1 aliphatic heterocycles. The van der Waals surface area contributed by atoms with Crippen molar-refractivity contribution in [3.8, 4) is 6.07 Å². The summed E-state index contributed by atoms with van der Waals surface area (Å²) in [4.78, 5) is 4.87. The van der Waals surface area contributed by atoms with E-state index in [0.717, 1.165) is 12.1 Å². The van der Waals surface area contributed by atoms with E-state index in [2.05, 4.69) is 5.16 Å². The summed E-state index contributed by atoms with van der Waals surface area (Å²) in [6.45, 7) is 1.90. The summed E-state index contributed by atoms with van der Waals surface area (Å²) in [7, 11) is 0. The first-order chi connectivity index (χ1) is 4.33. The van der Waals surface area contributed by atoms with Crippen molar-refractivity contribution >= 4 is 5.71 Å². The molecule has 1 heterocycles. The van der Waals surface area contributed by atoms with Crippen LogP contribution < -0.4 is 0 Å². The molecule has 1 rings (SSSR count). The van der Waals surface area contributed by atoms with Gasteiger partial charge in [0.1, 0.15) is 6.10 Å². The Kier molecular flexibility index (Phi) is 1.69. The van der Waals surface area contributed by atoms with Gasteiger partial charge in [0.05, 0.1) is 18.2 Å². The van der Waals surface area contributed by atoms with Crippen LogP contribution in [0, 0.1) is 11.3 Å². The maximum Gasteiger partial charge on any atom is 0.145 e. The van der Waals surface area contributed by atoms with Gasteiger partial charge in [-0.1, -0.05) is 5.16 Å². The first-order valence-corrected chi connectivity index (χ1v) is 2.89.